The Bertz CT molecular complexity index is 900. The predicted octanol–water partition coefficient (Wildman–Crippen LogP) is 4.14. The van der Waals surface area contributed by atoms with Gasteiger partial charge in [-0.15, -0.1) is 0 Å². The van der Waals surface area contributed by atoms with Gasteiger partial charge in [-0.3, -0.25) is 0 Å². The van der Waals surface area contributed by atoms with Gasteiger partial charge in [-0.25, -0.2) is 13.8 Å². The number of hydrogen-bond donors (Lipinski definition) is 2. The van der Waals surface area contributed by atoms with Crippen molar-refractivity contribution in [3.8, 4) is 11.3 Å². The minimum absolute atomic E-state index is 0.0203. The monoisotopic (exact) mass is 369 g/mol. The highest BCUT2D eigenvalue weighted by Gasteiger charge is 2.10. The van der Waals surface area contributed by atoms with Crippen LogP contribution in [-0.2, 0) is 0 Å². The lowest BCUT2D eigenvalue weighted by atomic mass is 10.1. The summed E-state index contributed by atoms with van der Waals surface area (Å²) in [7, 11) is 3.95. The van der Waals surface area contributed by atoms with E-state index in [1.807, 2.05) is 49.3 Å². The molecular formula is C20H21F2N5. The van der Waals surface area contributed by atoms with Crippen LogP contribution >= 0.6 is 0 Å². The molecule has 0 amide bonds. The van der Waals surface area contributed by atoms with Gasteiger partial charge in [0.25, 0.3) is 0 Å². The molecule has 2 N–H and O–H groups in total. The molecule has 0 bridgehead atoms. The fourth-order valence-electron chi connectivity index (χ4n) is 2.47. The van der Waals surface area contributed by atoms with Gasteiger partial charge in [-0.05, 0) is 26.2 Å². The van der Waals surface area contributed by atoms with Crippen LogP contribution < -0.4 is 10.6 Å². The number of halogens is 2. The second kappa shape index (κ2) is 8.55. The van der Waals surface area contributed by atoms with E-state index in [0.29, 0.717) is 24.0 Å². The van der Waals surface area contributed by atoms with E-state index >= 15 is 0 Å². The van der Waals surface area contributed by atoms with Crippen LogP contribution in [0.1, 0.15) is 0 Å². The summed E-state index contributed by atoms with van der Waals surface area (Å²) in [6.45, 7) is 1.46. The van der Waals surface area contributed by atoms with Crippen LogP contribution in [0, 0.1) is 11.6 Å². The van der Waals surface area contributed by atoms with Crippen LogP contribution in [0.4, 0.5) is 26.2 Å². The van der Waals surface area contributed by atoms with Gasteiger partial charge in [0, 0.05) is 30.8 Å². The topological polar surface area (TPSA) is 53.1 Å². The Kier molecular flexibility index (Phi) is 5.93. The van der Waals surface area contributed by atoms with Crippen LogP contribution in [0.3, 0.4) is 0 Å². The number of anilines is 3. The first kappa shape index (κ1) is 18.7. The van der Waals surface area contributed by atoms with Gasteiger partial charge in [0.1, 0.15) is 17.5 Å². The van der Waals surface area contributed by atoms with Crippen molar-refractivity contribution in [3.63, 3.8) is 0 Å². The predicted molar refractivity (Wildman–Crippen MR) is 104 cm³/mol. The third kappa shape index (κ3) is 5.21. The maximum atomic E-state index is 14.0. The Hall–Kier alpha value is -3.06. The summed E-state index contributed by atoms with van der Waals surface area (Å²) < 4.78 is 27.4. The smallest absolute Gasteiger partial charge is 0.225 e. The van der Waals surface area contributed by atoms with E-state index in [2.05, 4.69) is 20.6 Å². The average molecular weight is 369 g/mol. The highest BCUT2D eigenvalue weighted by atomic mass is 19.1. The molecule has 0 atom stereocenters. The SMILES string of the molecule is CN(C)CCNc1nc(Nc2cc(F)ccc2F)cc(-c2ccccc2)n1. The molecule has 5 nitrogen and oxygen atoms in total. The van der Waals surface area contributed by atoms with Crippen LogP contribution in [-0.4, -0.2) is 42.1 Å². The van der Waals surface area contributed by atoms with E-state index in [4.69, 9.17) is 0 Å². The lowest BCUT2D eigenvalue weighted by molar-refractivity contribution is 0.425. The molecule has 0 aliphatic carbocycles. The normalized spacial score (nSPS) is 10.9. The summed E-state index contributed by atoms with van der Waals surface area (Å²) in [4.78, 5) is 11.0. The number of likely N-dealkylation sites (N-methyl/N-ethyl adjacent to an activating group) is 1. The molecule has 0 fully saturated rings. The number of rotatable bonds is 7. The van der Waals surface area contributed by atoms with Crippen molar-refractivity contribution in [2.75, 3.05) is 37.8 Å². The molecule has 7 heteroatoms. The second-order valence-corrected chi connectivity index (χ2v) is 6.31. The lowest BCUT2D eigenvalue weighted by Crippen LogP contribution is -2.21. The molecule has 140 valence electrons. The molecule has 1 heterocycles. The highest BCUT2D eigenvalue weighted by molar-refractivity contribution is 5.67. The van der Waals surface area contributed by atoms with Crippen molar-refractivity contribution >= 4 is 17.5 Å². The molecule has 3 aromatic rings. The van der Waals surface area contributed by atoms with E-state index in [9.17, 15) is 8.78 Å². The van der Waals surface area contributed by atoms with Gasteiger partial charge < -0.3 is 15.5 Å². The molecule has 0 spiro atoms. The molecule has 27 heavy (non-hydrogen) atoms. The first-order valence-corrected chi connectivity index (χ1v) is 8.56. The number of hydrogen-bond acceptors (Lipinski definition) is 5. The summed E-state index contributed by atoms with van der Waals surface area (Å²) in [5.41, 5.74) is 1.60. The van der Waals surface area contributed by atoms with Gasteiger partial charge in [0.15, 0.2) is 0 Å². The Morgan fingerprint density at radius 2 is 1.74 bits per heavy atom. The van der Waals surface area contributed by atoms with E-state index < -0.39 is 11.6 Å². The van der Waals surface area contributed by atoms with E-state index in [0.717, 1.165) is 30.3 Å². The summed E-state index contributed by atoms with van der Waals surface area (Å²) in [6, 6.07) is 14.6. The van der Waals surface area contributed by atoms with Crippen LogP contribution in [0.15, 0.2) is 54.6 Å². The third-order valence-electron chi connectivity index (χ3n) is 3.83. The molecule has 0 radical (unpaired) electrons. The zero-order valence-electron chi connectivity index (χ0n) is 15.2. The van der Waals surface area contributed by atoms with Gasteiger partial charge >= 0.3 is 0 Å². The summed E-state index contributed by atoms with van der Waals surface area (Å²) >= 11 is 0. The van der Waals surface area contributed by atoms with Gasteiger partial charge in [0.05, 0.1) is 11.4 Å². The van der Waals surface area contributed by atoms with E-state index in [-0.39, 0.29) is 5.69 Å². The molecule has 0 unspecified atom stereocenters. The Labute approximate surface area is 157 Å². The molecule has 0 aliphatic rings. The van der Waals surface area contributed by atoms with Crippen molar-refractivity contribution in [2.45, 2.75) is 0 Å². The zero-order chi connectivity index (χ0) is 19.2. The lowest BCUT2D eigenvalue weighted by Gasteiger charge is -2.13. The van der Waals surface area contributed by atoms with Gasteiger partial charge in [-0.1, -0.05) is 30.3 Å². The molecule has 1 aromatic heterocycles. The second-order valence-electron chi connectivity index (χ2n) is 6.31. The van der Waals surface area contributed by atoms with Crippen LogP contribution in [0.5, 0.6) is 0 Å². The molecule has 0 aliphatic heterocycles. The third-order valence-corrected chi connectivity index (χ3v) is 3.83. The number of benzene rings is 2. The van der Waals surface area contributed by atoms with Crippen molar-refractivity contribution < 1.29 is 8.78 Å². The fourth-order valence-corrected chi connectivity index (χ4v) is 2.47. The number of aromatic nitrogens is 2. The Balaban J connectivity index is 1.92. The zero-order valence-corrected chi connectivity index (χ0v) is 15.2. The first-order chi connectivity index (χ1) is 13.0. The van der Waals surface area contributed by atoms with E-state index in [1.165, 1.54) is 0 Å². The molecule has 0 saturated heterocycles. The minimum Gasteiger partial charge on any atom is -0.353 e. The van der Waals surface area contributed by atoms with Crippen LogP contribution in [0.25, 0.3) is 11.3 Å². The summed E-state index contributed by atoms with van der Waals surface area (Å²) in [6.07, 6.45) is 0. The van der Waals surface area contributed by atoms with Crippen molar-refractivity contribution in [1.29, 1.82) is 0 Å². The number of nitrogens with zero attached hydrogens (tertiary/aromatic N) is 3. The maximum Gasteiger partial charge on any atom is 0.225 e. The van der Waals surface area contributed by atoms with E-state index in [1.54, 1.807) is 6.07 Å². The van der Waals surface area contributed by atoms with Gasteiger partial charge in [0.2, 0.25) is 5.95 Å². The molecular weight excluding hydrogens is 348 g/mol. The molecule has 3 rings (SSSR count). The summed E-state index contributed by atoms with van der Waals surface area (Å²) in [5, 5.41) is 6.01. The largest absolute Gasteiger partial charge is 0.353 e. The Morgan fingerprint density at radius 3 is 2.48 bits per heavy atom. The fraction of sp³-hybridized carbons (Fsp3) is 0.200. The number of nitrogens with one attached hydrogen (secondary N) is 2. The maximum absolute atomic E-state index is 14.0. The standard InChI is InChI=1S/C20H21F2N5/c1-27(2)11-10-23-20-25-17(14-6-4-3-5-7-14)13-19(26-20)24-18-12-15(21)8-9-16(18)22/h3-9,12-13H,10-11H2,1-2H3,(H2,23,24,25,26). The van der Waals surface area contributed by atoms with Crippen molar-refractivity contribution in [3.05, 3.63) is 66.2 Å². The first-order valence-electron chi connectivity index (χ1n) is 8.56. The highest BCUT2D eigenvalue weighted by Crippen LogP contribution is 2.25. The molecule has 2 aromatic carbocycles. The summed E-state index contributed by atoms with van der Waals surface area (Å²) in [5.74, 6) is -0.294. The van der Waals surface area contributed by atoms with Crippen molar-refractivity contribution in [1.82, 2.24) is 14.9 Å². The minimum atomic E-state index is -0.557. The van der Waals surface area contributed by atoms with Gasteiger partial charge in [-0.2, -0.15) is 4.98 Å². The Morgan fingerprint density at radius 1 is 0.963 bits per heavy atom. The average Bonchev–Trinajstić information content (AvgIpc) is 2.65. The quantitative estimate of drug-likeness (QED) is 0.656. The van der Waals surface area contributed by atoms with Crippen LogP contribution in [0.2, 0.25) is 0 Å². The molecule has 0 saturated carbocycles. The van der Waals surface area contributed by atoms with Crippen molar-refractivity contribution in [2.24, 2.45) is 0 Å².